The second-order valence-electron chi connectivity index (χ2n) is 2.78. The van der Waals surface area contributed by atoms with E-state index >= 15 is 0 Å². The lowest BCUT2D eigenvalue weighted by molar-refractivity contribution is 0.687. The zero-order valence-corrected chi connectivity index (χ0v) is 7.23. The first-order valence-corrected chi connectivity index (χ1v) is 4.52. The summed E-state index contributed by atoms with van der Waals surface area (Å²) in [5.74, 6) is 0. The van der Waals surface area contributed by atoms with E-state index in [1.807, 2.05) is 0 Å². The van der Waals surface area contributed by atoms with Gasteiger partial charge in [-0.15, -0.1) is 0 Å². The molecule has 60 valence electrons. The minimum absolute atomic E-state index is 1.10. The van der Waals surface area contributed by atoms with Crippen molar-refractivity contribution < 1.29 is 0 Å². The van der Waals surface area contributed by atoms with Crippen LogP contribution in [0.1, 0.15) is 51.9 Å². The molecular formula is C10H20. The topological polar surface area (TPSA) is 0 Å². The van der Waals surface area contributed by atoms with Crippen molar-refractivity contribution in [3.05, 3.63) is 13.3 Å². The van der Waals surface area contributed by atoms with Crippen LogP contribution < -0.4 is 0 Å². The zero-order chi connectivity index (χ0) is 7.66. The van der Waals surface area contributed by atoms with Crippen LogP contribution in [0, 0.1) is 13.3 Å². The van der Waals surface area contributed by atoms with Gasteiger partial charge in [0.05, 0.1) is 0 Å². The molecule has 10 heavy (non-hydrogen) atoms. The van der Waals surface area contributed by atoms with Crippen molar-refractivity contribution >= 4 is 0 Å². The van der Waals surface area contributed by atoms with Gasteiger partial charge in [0.25, 0.3) is 0 Å². The monoisotopic (exact) mass is 140 g/mol. The first-order valence-electron chi connectivity index (χ1n) is 4.52. The summed E-state index contributed by atoms with van der Waals surface area (Å²) >= 11 is 0. The largest absolute Gasteiger partial charge is 0.0654 e. The standard InChI is InChI=1S/C10H20/c1-3-5-7-9-10-8-6-4-2/h10H,1,3-9H2,2H3. The van der Waals surface area contributed by atoms with Crippen molar-refractivity contribution in [2.24, 2.45) is 0 Å². The van der Waals surface area contributed by atoms with Crippen LogP contribution in [0.15, 0.2) is 0 Å². The van der Waals surface area contributed by atoms with Crippen molar-refractivity contribution in [3.63, 3.8) is 0 Å². The second kappa shape index (κ2) is 9.00. The molecule has 0 aliphatic rings. The Kier molecular flexibility index (Phi) is 9.00. The molecule has 0 heteroatoms. The fourth-order valence-corrected chi connectivity index (χ4v) is 0.958. The van der Waals surface area contributed by atoms with Crippen LogP contribution in [0.2, 0.25) is 0 Å². The summed E-state index contributed by atoms with van der Waals surface area (Å²) in [4.78, 5) is 0. The van der Waals surface area contributed by atoms with E-state index in [1.54, 1.807) is 0 Å². The Bertz CT molecular complexity index is 40.0. The maximum atomic E-state index is 3.81. The van der Waals surface area contributed by atoms with Gasteiger partial charge >= 0.3 is 0 Å². The van der Waals surface area contributed by atoms with Crippen LogP contribution in [0.5, 0.6) is 0 Å². The predicted molar refractivity (Wildman–Crippen MR) is 47.7 cm³/mol. The number of hydrogen-bond donors (Lipinski definition) is 0. The zero-order valence-electron chi connectivity index (χ0n) is 7.23. The maximum Gasteiger partial charge on any atom is -0.0386 e. The minimum Gasteiger partial charge on any atom is -0.0654 e. The molecule has 0 atom stereocenters. The van der Waals surface area contributed by atoms with Crippen LogP contribution >= 0.6 is 0 Å². The van der Waals surface area contributed by atoms with Gasteiger partial charge < -0.3 is 0 Å². The highest BCUT2D eigenvalue weighted by Gasteiger charge is 1.87. The molecule has 0 spiro atoms. The van der Waals surface area contributed by atoms with Crippen molar-refractivity contribution in [2.75, 3.05) is 0 Å². The van der Waals surface area contributed by atoms with E-state index in [0.29, 0.717) is 0 Å². The summed E-state index contributed by atoms with van der Waals surface area (Å²) in [5.41, 5.74) is 0. The summed E-state index contributed by atoms with van der Waals surface area (Å²) in [6.45, 7) is 6.05. The normalized spacial score (nSPS) is 10.2. The highest BCUT2D eigenvalue weighted by molar-refractivity contribution is 4.63. The molecule has 0 rings (SSSR count). The highest BCUT2D eigenvalue weighted by atomic mass is 13.9. The Balaban J connectivity index is 2.65. The third kappa shape index (κ3) is 8.00. The van der Waals surface area contributed by atoms with Crippen LogP contribution in [-0.2, 0) is 0 Å². The molecule has 0 fully saturated rings. The summed E-state index contributed by atoms with van der Waals surface area (Å²) in [6.07, 6.45) is 11.5. The van der Waals surface area contributed by atoms with Gasteiger partial charge in [0.15, 0.2) is 0 Å². The third-order valence-electron chi connectivity index (χ3n) is 1.67. The molecule has 0 aromatic rings. The first-order chi connectivity index (χ1) is 4.91. The average molecular weight is 140 g/mol. The summed E-state index contributed by atoms with van der Waals surface area (Å²) in [6, 6.07) is 0. The van der Waals surface area contributed by atoms with E-state index in [1.165, 1.54) is 38.5 Å². The molecule has 0 N–H and O–H groups in total. The van der Waals surface area contributed by atoms with E-state index in [4.69, 9.17) is 0 Å². The van der Waals surface area contributed by atoms with Crippen molar-refractivity contribution in [3.8, 4) is 0 Å². The lowest BCUT2D eigenvalue weighted by atomic mass is 10.1. The van der Waals surface area contributed by atoms with E-state index in [9.17, 15) is 0 Å². The minimum atomic E-state index is 1.10. The van der Waals surface area contributed by atoms with E-state index in [0.717, 1.165) is 6.42 Å². The quantitative estimate of drug-likeness (QED) is 0.472. The van der Waals surface area contributed by atoms with Crippen molar-refractivity contribution in [1.29, 1.82) is 0 Å². The first kappa shape index (κ1) is 10.0. The molecule has 0 bridgehead atoms. The molecule has 0 aromatic heterocycles. The van der Waals surface area contributed by atoms with Gasteiger partial charge in [0.2, 0.25) is 0 Å². The smallest absolute Gasteiger partial charge is 0.0386 e. The fraction of sp³-hybridized carbons (Fsp3) is 0.800. The van der Waals surface area contributed by atoms with Crippen LogP contribution in [0.3, 0.4) is 0 Å². The summed E-state index contributed by atoms with van der Waals surface area (Å²) in [7, 11) is 0. The Hall–Kier alpha value is 0. The predicted octanol–water partition coefficient (Wildman–Crippen LogP) is 3.78. The third-order valence-corrected chi connectivity index (χ3v) is 1.67. The summed E-state index contributed by atoms with van der Waals surface area (Å²) < 4.78 is 0. The van der Waals surface area contributed by atoms with Crippen LogP contribution in [0.4, 0.5) is 0 Å². The molecule has 0 unspecified atom stereocenters. The van der Waals surface area contributed by atoms with E-state index in [2.05, 4.69) is 20.3 Å². The Labute approximate surface area is 66.0 Å². The number of unbranched alkanes of at least 4 members (excludes halogenated alkanes) is 7. The second-order valence-corrected chi connectivity index (χ2v) is 2.78. The summed E-state index contributed by atoms with van der Waals surface area (Å²) in [5, 5.41) is 0. The van der Waals surface area contributed by atoms with Crippen LogP contribution in [0.25, 0.3) is 0 Å². The Morgan fingerprint density at radius 3 is 2.40 bits per heavy atom. The van der Waals surface area contributed by atoms with Gasteiger partial charge in [0, 0.05) is 0 Å². The van der Waals surface area contributed by atoms with Gasteiger partial charge in [-0.3, -0.25) is 0 Å². The molecule has 0 heterocycles. The van der Waals surface area contributed by atoms with Gasteiger partial charge in [-0.1, -0.05) is 58.8 Å². The highest BCUT2D eigenvalue weighted by Crippen LogP contribution is 2.06. The molecule has 0 aromatic carbocycles. The molecular weight excluding hydrogens is 120 g/mol. The maximum absolute atomic E-state index is 3.81. The van der Waals surface area contributed by atoms with Gasteiger partial charge in [0.1, 0.15) is 0 Å². The average Bonchev–Trinajstić information content (AvgIpc) is 1.97. The van der Waals surface area contributed by atoms with E-state index in [-0.39, 0.29) is 0 Å². The molecule has 2 radical (unpaired) electrons. The van der Waals surface area contributed by atoms with Gasteiger partial charge in [-0.2, -0.15) is 0 Å². The van der Waals surface area contributed by atoms with Crippen molar-refractivity contribution in [1.82, 2.24) is 0 Å². The number of hydrogen-bond acceptors (Lipinski definition) is 0. The van der Waals surface area contributed by atoms with Gasteiger partial charge in [-0.05, 0) is 6.42 Å². The molecule has 0 aliphatic carbocycles. The molecule has 0 nitrogen and oxygen atoms in total. The SMILES string of the molecule is [CH2]CCCC[CH]CCCC. The van der Waals surface area contributed by atoms with Gasteiger partial charge in [-0.25, -0.2) is 0 Å². The number of rotatable bonds is 7. The molecule has 0 saturated carbocycles. The van der Waals surface area contributed by atoms with Crippen LogP contribution in [-0.4, -0.2) is 0 Å². The fourth-order valence-electron chi connectivity index (χ4n) is 0.958. The molecule has 0 amide bonds. The molecule has 0 aliphatic heterocycles. The Morgan fingerprint density at radius 1 is 1.10 bits per heavy atom. The lowest BCUT2D eigenvalue weighted by Gasteiger charge is -1.97. The van der Waals surface area contributed by atoms with Crippen molar-refractivity contribution in [2.45, 2.75) is 51.9 Å². The Morgan fingerprint density at radius 2 is 1.80 bits per heavy atom. The molecule has 0 saturated heterocycles. The van der Waals surface area contributed by atoms with E-state index < -0.39 is 0 Å². The lowest BCUT2D eigenvalue weighted by Crippen LogP contribution is -1.79.